The van der Waals surface area contributed by atoms with E-state index >= 15 is 0 Å². The standard InChI is InChI=1S/C17H14N2OS/c20-12-7-5-11(6-8-12)17-19-16(10-21-17)14-9-18-15-4-2-1-3-13(14)15/h1-2,5-10,15,20H,3-4H2. The van der Waals surface area contributed by atoms with Gasteiger partial charge in [0.15, 0.2) is 0 Å². The highest BCUT2D eigenvalue weighted by atomic mass is 32.1. The maximum absolute atomic E-state index is 9.36. The van der Waals surface area contributed by atoms with Crippen LogP contribution in [-0.2, 0) is 0 Å². The number of aliphatic imine (C=N–C) groups is 1. The highest BCUT2D eigenvalue weighted by Gasteiger charge is 2.24. The molecule has 1 aromatic carbocycles. The van der Waals surface area contributed by atoms with Crippen LogP contribution in [0.3, 0.4) is 0 Å². The summed E-state index contributed by atoms with van der Waals surface area (Å²) in [6.07, 6.45) is 8.38. The van der Waals surface area contributed by atoms with Crippen molar-refractivity contribution in [3.63, 3.8) is 0 Å². The van der Waals surface area contributed by atoms with Crippen LogP contribution in [0, 0.1) is 0 Å². The van der Waals surface area contributed by atoms with Gasteiger partial charge < -0.3 is 5.11 Å². The summed E-state index contributed by atoms with van der Waals surface area (Å²) in [7, 11) is 0. The van der Waals surface area contributed by atoms with Gasteiger partial charge in [0.1, 0.15) is 10.8 Å². The van der Waals surface area contributed by atoms with Gasteiger partial charge in [-0.3, -0.25) is 4.99 Å². The fourth-order valence-electron chi connectivity index (χ4n) is 2.77. The summed E-state index contributed by atoms with van der Waals surface area (Å²) in [4.78, 5) is 9.34. The number of allylic oxidation sites excluding steroid dienone is 2. The Labute approximate surface area is 127 Å². The average Bonchev–Trinajstić information content (AvgIpc) is 3.14. The monoisotopic (exact) mass is 294 g/mol. The maximum atomic E-state index is 9.36. The first-order valence-electron chi connectivity index (χ1n) is 6.98. The van der Waals surface area contributed by atoms with E-state index in [0.29, 0.717) is 6.04 Å². The van der Waals surface area contributed by atoms with E-state index in [2.05, 4.69) is 22.5 Å². The van der Waals surface area contributed by atoms with Crippen molar-refractivity contribution in [1.29, 1.82) is 0 Å². The van der Waals surface area contributed by atoms with Crippen LogP contribution < -0.4 is 0 Å². The minimum absolute atomic E-state index is 0.278. The van der Waals surface area contributed by atoms with Crippen molar-refractivity contribution in [3.05, 3.63) is 53.1 Å². The molecule has 1 atom stereocenters. The van der Waals surface area contributed by atoms with Crippen molar-refractivity contribution in [3.8, 4) is 16.3 Å². The van der Waals surface area contributed by atoms with E-state index in [0.717, 1.165) is 29.1 Å². The number of phenolic OH excluding ortho intramolecular Hbond substituents is 1. The van der Waals surface area contributed by atoms with Crippen molar-refractivity contribution in [2.24, 2.45) is 4.99 Å². The molecule has 0 fully saturated rings. The number of fused-ring (bicyclic) bond motifs is 1. The van der Waals surface area contributed by atoms with E-state index in [1.54, 1.807) is 23.5 Å². The van der Waals surface area contributed by atoms with Crippen LogP contribution in [0.4, 0.5) is 0 Å². The molecule has 0 saturated carbocycles. The summed E-state index contributed by atoms with van der Waals surface area (Å²) >= 11 is 1.63. The van der Waals surface area contributed by atoms with Crippen molar-refractivity contribution in [2.45, 2.75) is 18.9 Å². The molecule has 1 aliphatic carbocycles. The van der Waals surface area contributed by atoms with Gasteiger partial charge in [-0.1, -0.05) is 12.2 Å². The minimum Gasteiger partial charge on any atom is -0.508 e. The second-order valence-electron chi connectivity index (χ2n) is 5.23. The maximum Gasteiger partial charge on any atom is 0.124 e. The van der Waals surface area contributed by atoms with Gasteiger partial charge in [-0.15, -0.1) is 11.3 Å². The molecule has 0 spiro atoms. The Bertz CT molecular complexity index is 768. The normalized spacial score (nSPS) is 20.1. The number of benzene rings is 1. The fraction of sp³-hybridized carbons (Fsp3) is 0.176. The molecule has 2 aliphatic rings. The topological polar surface area (TPSA) is 45.5 Å². The molecule has 0 bridgehead atoms. The fourth-order valence-corrected chi connectivity index (χ4v) is 3.59. The van der Waals surface area contributed by atoms with Gasteiger partial charge in [-0.2, -0.15) is 0 Å². The van der Waals surface area contributed by atoms with Crippen LogP contribution >= 0.6 is 11.3 Å². The summed E-state index contributed by atoms with van der Waals surface area (Å²) in [5.41, 5.74) is 4.62. The number of aromatic hydroxyl groups is 1. The zero-order valence-electron chi connectivity index (χ0n) is 11.4. The largest absolute Gasteiger partial charge is 0.508 e. The molecule has 2 heterocycles. The van der Waals surface area contributed by atoms with Gasteiger partial charge in [0.2, 0.25) is 0 Å². The first-order chi connectivity index (χ1) is 10.3. The third kappa shape index (κ3) is 2.21. The number of phenols is 1. The Morgan fingerprint density at radius 1 is 1.14 bits per heavy atom. The SMILES string of the molecule is Oc1ccc(-c2nc(C3=C4CC=CCC4N=C3)cs2)cc1. The Hall–Kier alpha value is -2.20. The van der Waals surface area contributed by atoms with Crippen LogP contribution in [-0.4, -0.2) is 22.3 Å². The molecule has 104 valence electrons. The first-order valence-corrected chi connectivity index (χ1v) is 7.86. The number of aromatic nitrogens is 1. The molecule has 4 heteroatoms. The van der Waals surface area contributed by atoms with Gasteiger partial charge in [0, 0.05) is 22.7 Å². The molecule has 0 radical (unpaired) electrons. The molecule has 1 aliphatic heterocycles. The van der Waals surface area contributed by atoms with Gasteiger partial charge in [0.05, 0.1) is 11.7 Å². The van der Waals surface area contributed by atoms with Gasteiger partial charge in [0.25, 0.3) is 0 Å². The van der Waals surface area contributed by atoms with Crippen LogP contribution in [0.1, 0.15) is 18.5 Å². The van der Waals surface area contributed by atoms with Crippen molar-refractivity contribution >= 4 is 23.1 Å². The molecule has 2 aromatic rings. The molecule has 3 nitrogen and oxygen atoms in total. The average molecular weight is 294 g/mol. The van der Waals surface area contributed by atoms with Crippen LogP contribution in [0.2, 0.25) is 0 Å². The Morgan fingerprint density at radius 2 is 2.00 bits per heavy atom. The highest BCUT2D eigenvalue weighted by molar-refractivity contribution is 7.13. The molecule has 0 saturated heterocycles. The van der Waals surface area contributed by atoms with E-state index in [1.807, 2.05) is 18.3 Å². The summed E-state index contributed by atoms with van der Waals surface area (Å²) in [6, 6.07) is 7.49. The molecule has 21 heavy (non-hydrogen) atoms. The van der Waals surface area contributed by atoms with E-state index < -0.39 is 0 Å². The zero-order valence-corrected chi connectivity index (χ0v) is 12.2. The quantitative estimate of drug-likeness (QED) is 0.848. The van der Waals surface area contributed by atoms with Crippen molar-refractivity contribution in [2.75, 3.05) is 0 Å². The molecule has 1 aromatic heterocycles. The third-order valence-corrected chi connectivity index (χ3v) is 4.78. The second-order valence-corrected chi connectivity index (χ2v) is 6.09. The third-order valence-electron chi connectivity index (χ3n) is 3.89. The van der Waals surface area contributed by atoms with E-state index in [1.165, 1.54) is 11.1 Å². The van der Waals surface area contributed by atoms with E-state index in [-0.39, 0.29) is 5.75 Å². The minimum atomic E-state index is 0.278. The molecule has 1 N–H and O–H groups in total. The highest BCUT2D eigenvalue weighted by Crippen LogP contribution is 2.35. The van der Waals surface area contributed by atoms with Gasteiger partial charge in [-0.25, -0.2) is 4.98 Å². The molecule has 1 unspecified atom stereocenters. The predicted octanol–water partition coefficient (Wildman–Crippen LogP) is 4.07. The molecule has 4 rings (SSSR count). The smallest absolute Gasteiger partial charge is 0.124 e. The lowest BCUT2D eigenvalue weighted by Crippen LogP contribution is -2.07. The van der Waals surface area contributed by atoms with Crippen LogP contribution in [0.15, 0.2) is 52.4 Å². The lowest BCUT2D eigenvalue weighted by molar-refractivity contribution is 0.475. The lowest BCUT2D eigenvalue weighted by atomic mass is 9.93. The Kier molecular flexibility index (Phi) is 2.97. The molecular formula is C17H14N2OS. The van der Waals surface area contributed by atoms with Gasteiger partial charge >= 0.3 is 0 Å². The summed E-state index contributed by atoms with van der Waals surface area (Å²) < 4.78 is 0. The first kappa shape index (κ1) is 12.5. The van der Waals surface area contributed by atoms with Crippen molar-refractivity contribution < 1.29 is 5.11 Å². The summed E-state index contributed by atoms with van der Waals surface area (Å²) in [5, 5.41) is 12.4. The lowest BCUT2D eigenvalue weighted by Gasteiger charge is -2.14. The predicted molar refractivity (Wildman–Crippen MR) is 86.8 cm³/mol. The Balaban J connectivity index is 1.70. The van der Waals surface area contributed by atoms with E-state index in [4.69, 9.17) is 4.98 Å². The Morgan fingerprint density at radius 3 is 2.86 bits per heavy atom. The zero-order chi connectivity index (χ0) is 14.2. The summed E-state index contributed by atoms with van der Waals surface area (Å²) in [6.45, 7) is 0. The molecule has 0 amide bonds. The summed E-state index contributed by atoms with van der Waals surface area (Å²) in [5.74, 6) is 0.278. The van der Waals surface area contributed by atoms with Crippen LogP contribution in [0.25, 0.3) is 16.1 Å². The van der Waals surface area contributed by atoms with E-state index in [9.17, 15) is 5.11 Å². The van der Waals surface area contributed by atoms with Gasteiger partial charge in [-0.05, 0) is 42.7 Å². The number of hydrogen-bond donors (Lipinski definition) is 1. The van der Waals surface area contributed by atoms with Crippen molar-refractivity contribution in [1.82, 2.24) is 4.98 Å². The number of nitrogens with zero attached hydrogens (tertiary/aromatic N) is 2. The second kappa shape index (κ2) is 4.97. The number of thiazole rings is 1. The number of rotatable bonds is 2. The van der Waals surface area contributed by atoms with Crippen LogP contribution in [0.5, 0.6) is 5.75 Å². The number of hydrogen-bond acceptors (Lipinski definition) is 4. The molecular weight excluding hydrogens is 280 g/mol.